The number of rotatable bonds is 7. The maximum Gasteiger partial charge on any atom is 0.293 e. The first kappa shape index (κ1) is 24.3. The summed E-state index contributed by atoms with van der Waals surface area (Å²) in [4.78, 5) is 5.12. The highest BCUT2D eigenvalue weighted by Gasteiger charge is 2.38. The van der Waals surface area contributed by atoms with Gasteiger partial charge in [-0.2, -0.15) is 12.7 Å². The standard InChI is InChI=1S/C21H24Cl2N4O4S2/c1-2-6-15-14-26(19-10-9-17(22)20-18(23)13-24-21(19)20)11-12-27(15)33(30,31)25-32(28,29)16-7-4-3-5-8-16/h3-5,7-10,13,15,24-25H,2,6,11-12,14H2,1H3. The zero-order valence-electron chi connectivity index (χ0n) is 17.8. The lowest BCUT2D eigenvalue weighted by molar-refractivity contribution is 0.274. The van der Waals surface area contributed by atoms with E-state index in [0.717, 1.165) is 17.6 Å². The van der Waals surface area contributed by atoms with Crippen LogP contribution in [0.15, 0.2) is 53.6 Å². The second-order valence-electron chi connectivity index (χ2n) is 7.86. The Balaban J connectivity index is 1.61. The van der Waals surface area contributed by atoms with Crippen LogP contribution in [0.25, 0.3) is 10.9 Å². The summed E-state index contributed by atoms with van der Waals surface area (Å²) >= 11 is 12.6. The van der Waals surface area contributed by atoms with E-state index in [4.69, 9.17) is 23.2 Å². The third kappa shape index (κ3) is 4.87. The van der Waals surface area contributed by atoms with Crippen molar-refractivity contribution in [2.24, 2.45) is 0 Å². The van der Waals surface area contributed by atoms with E-state index in [-0.39, 0.29) is 11.4 Å². The minimum absolute atomic E-state index is 0.105. The molecule has 0 saturated carbocycles. The molecule has 0 aliphatic carbocycles. The maximum atomic E-state index is 13.1. The molecule has 33 heavy (non-hydrogen) atoms. The van der Waals surface area contributed by atoms with Crippen LogP contribution < -0.4 is 9.03 Å². The van der Waals surface area contributed by atoms with Gasteiger partial charge in [-0.3, -0.25) is 0 Å². The summed E-state index contributed by atoms with van der Waals surface area (Å²) in [5.74, 6) is 0. The first-order valence-corrected chi connectivity index (χ1v) is 14.1. The summed E-state index contributed by atoms with van der Waals surface area (Å²) in [5.41, 5.74) is 1.65. The first-order chi connectivity index (χ1) is 15.6. The lowest BCUT2D eigenvalue weighted by atomic mass is 10.1. The minimum atomic E-state index is -4.29. The molecular weight excluding hydrogens is 507 g/mol. The molecule has 1 fully saturated rings. The van der Waals surface area contributed by atoms with Gasteiger partial charge < -0.3 is 9.88 Å². The average Bonchev–Trinajstić information content (AvgIpc) is 3.16. The van der Waals surface area contributed by atoms with E-state index in [0.29, 0.717) is 34.9 Å². The Morgan fingerprint density at radius 2 is 1.76 bits per heavy atom. The van der Waals surface area contributed by atoms with Gasteiger partial charge in [-0.25, -0.2) is 8.42 Å². The van der Waals surface area contributed by atoms with Gasteiger partial charge in [0.1, 0.15) is 0 Å². The number of halogens is 2. The van der Waals surface area contributed by atoms with Gasteiger partial charge in [-0.15, -0.1) is 0 Å². The first-order valence-electron chi connectivity index (χ1n) is 10.4. The summed E-state index contributed by atoms with van der Waals surface area (Å²) < 4.78 is 54.8. The van der Waals surface area contributed by atoms with Crippen molar-refractivity contribution in [1.82, 2.24) is 13.4 Å². The third-order valence-corrected chi connectivity index (χ3v) is 10.0. The number of fused-ring (bicyclic) bond motifs is 1. The number of hydrogen-bond donors (Lipinski definition) is 2. The molecule has 4 rings (SSSR count). The number of sulfonamides is 1. The van der Waals surface area contributed by atoms with E-state index < -0.39 is 26.3 Å². The molecule has 0 amide bonds. The SMILES string of the molecule is CCCC1CN(c2ccc(Cl)c3c(Cl)c[nH]c23)CCN1S(=O)(=O)NS(=O)(=O)c1ccccc1. The van der Waals surface area contributed by atoms with Crippen LogP contribution in [0, 0.1) is 0 Å². The maximum absolute atomic E-state index is 13.1. The topological polar surface area (TPSA) is 103 Å². The Hall–Kier alpha value is -1.82. The highest BCUT2D eigenvalue weighted by Crippen LogP contribution is 2.37. The van der Waals surface area contributed by atoms with E-state index in [9.17, 15) is 16.8 Å². The molecule has 3 aromatic rings. The second kappa shape index (κ2) is 9.44. The fourth-order valence-corrected chi connectivity index (χ4v) is 8.03. The van der Waals surface area contributed by atoms with Crippen LogP contribution >= 0.6 is 23.2 Å². The van der Waals surface area contributed by atoms with Crippen LogP contribution in [-0.2, 0) is 20.2 Å². The van der Waals surface area contributed by atoms with E-state index in [2.05, 4.69) is 9.88 Å². The molecular formula is C21H24Cl2N4O4S2. The van der Waals surface area contributed by atoms with Crippen molar-refractivity contribution in [2.45, 2.75) is 30.7 Å². The number of piperazine rings is 1. The fraction of sp³-hybridized carbons (Fsp3) is 0.333. The van der Waals surface area contributed by atoms with E-state index in [1.54, 1.807) is 30.5 Å². The van der Waals surface area contributed by atoms with Crippen LogP contribution in [-0.4, -0.2) is 51.8 Å². The summed E-state index contributed by atoms with van der Waals surface area (Å²) in [6.45, 7) is 2.86. The molecule has 0 bridgehead atoms. The minimum Gasteiger partial charge on any atom is -0.367 e. The Kier molecular flexibility index (Phi) is 6.95. The lowest BCUT2D eigenvalue weighted by Crippen LogP contribution is -2.58. The van der Waals surface area contributed by atoms with Gasteiger partial charge >= 0.3 is 0 Å². The van der Waals surface area contributed by atoms with Crippen molar-refractivity contribution in [2.75, 3.05) is 24.5 Å². The Labute approximate surface area is 203 Å². The molecule has 1 aliphatic rings. The van der Waals surface area contributed by atoms with Crippen molar-refractivity contribution in [1.29, 1.82) is 0 Å². The number of aromatic nitrogens is 1. The van der Waals surface area contributed by atoms with Crippen molar-refractivity contribution in [3.05, 3.63) is 58.7 Å². The molecule has 1 aliphatic heterocycles. The molecule has 2 N–H and O–H groups in total. The molecule has 1 unspecified atom stereocenters. The van der Waals surface area contributed by atoms with Crippen LogP contribution in [0.3, 0.4) is 0 Å². The zero-order valence-corrected chi connectivity index (χ0v) is 21.0. The van der Waals surface area contributed by atoms with Gasteiger partial charge in [-0.05, 0) is 30.7 Å². The van der Waals surface area contributed by atoms with Crippen molar-refractivity contribution in [3.8, 4) is 0 Å². The lowest BCUT2D eigenvalue weighted by Gasteiger charge is -2.41. The van der Waals surface area contributed by atoms with E-state index >= 15 is 0 Å². The summed E-state index contributed by atoms with van der Waals surface area (Å²) in [7, 11) is -8.52. The molecule has 1 aromatic heterocycles. The van der Waals surface area contributed by atoms with Crippen LogP contribution in [0.1, 0.15) is 19.8 Å². The number of H-pyrrole nitrogens is 1. The number of anilines is 1. The van der Waals surface area contributed by atoms with Crippen molar-refractivity contribution < 1.29 is 16.8 Å². The van der Waals surface area contributed by atoms with Gasteiger partial charge in [0.05, 0.1) is 26.1 Å². The molecule has 12 heteroatoms. The van der Waals surface area contributed by atoms with Gasteiger partial charge in [0.2, 0.25) is 0 Å². The van der Waals surface area contributed by atoms with E-state index in [1.807, 2.05) is 17.1 Å². The molecule has 1 atom stereocenters. The highest BCUT2D eigenvalue weighted by atomic mass is 35.5. The van der Waals surface area contributed by atoms with Gasteiger partial charge in [0, 0.05) is 37.3 Å². The fourth-order valence-electron chi connectivity index (χ4n) is 4.19. The smallest absolute Gasteiger partial charge is 0.293 e. The molecule has 8 nitrogen and oxygen atoms in total. The Bertz CT molecular complexity index is 1360. The molecule has 2 heterocycles. The Morgan fingerprint density at radius 3 is 2.45 bits per heavy atom. The van der Waals surface area contributed by atoms with Gasteiger partial charge in [0.15, 0.2) is 0 Å². The monoisotopic (exact) mass is 530 g/mol. The van der Waals surface area contributed by atoms with Crippen LogP contribution in [0.4, 0.5) is 5.69 Å². The number of benzene rings is 2. The predicted octanol–water partition coefficient (Wildman–Crippen LogP) is 3.99. The average molecular weight is 531 g/mol. The number of hydrogen-bond acceptors (Lipinski definition) is 5. The van der Waals surface area contributed by atoms with E-state index in [1.165, 1.54) is 16.4 Å². The zero-order chi connectivity index (χ0) is 23.8. The quantitative estimate of drug-likeness (QED) is 0.480. The van der Waals surface area contributed by atoms with Crippen LogP contribution in [0.2, 0.25) is 10.0 Å². The Morgan fingerprint density at radius 1 is 1.03 bits per heavy atom. The molecule has 1 saturated heterocycles. The molecule has 0 spiro atoms. The third-order valence-electron chi connectivity index (χ3n) is 5.68. The molecule has 2 aromatic carbocycles. The van der Waals surface area contributed by atoms with Crippen molar-refractivity contribution >= 4 is 60.0 Å². The summed E-state index contributed by atoms with van der Waals surface area (Å²) in [6, 6.07) is 10.7. The van der Waals surface area contributed by atoms with Gasteiger partial charge in [0.25, 0.3) is 20.2 Å². The van der Waals surface area contributed by atoms with Gasteiger partial charge in [-0.1, -0.05) is 58.9 Å². The number of aromatic amines is 1. The molecule has 0 radical (unpaired) electrons. The second-order valence-corrected chi connectivity index (χ2v) is 12.2. The number of nitrogens with one attached hydrogen (secondary N) is 2. The number of nitrogens with zero attached hydrogens (tertiary/aromatic N) is 2. The largest absolute Gasteiger partial charge is 0.367 e. The van der Waals surface area contributed by atoms with Crippen molar-refractivity contribution in [3.63, 3.8) is 0 Å². The summed E-state index contributed by atoms with van der Waals surface area (Å²) in [6.07, 6.45) is 2.98. The van der Waals surface area contributed by atoms with Crippen LogP contribution in [0.5, 0.6) is 0 Å². The summed E-state index contributed by atoms with van der Waals surface area (Å²) in [5, 5.41) is 1.76. The molecule has 178 valence electrons. The predicted molar refractivity (Wildman–Crippen MR) is 132 cm³/mol. The highest BCUT2D eigenvalue weighted by molar-refractivity contribution is 8.03. The normalized spacial score (nSPS) is 18.2.